The third-order valence-corrected chi connectivity index (χ3v) is 5.46. The van der Waals surface area contributed by atoms with Crippen LogP contribution in [0.1, 0.15) is 42.0 Å². The summed E-state index contributed by atoms with van der Waals surface area (Å²) < 4.78 is 0. The Kier molecular flexibility index (Phi) is 3.43. The molecular formula is C14H22N2OS. The first-order valence-corrected chi connectivity index (χ1v) is 7.83. The van der Waals surface area contributed by atoms with Crippen molar-refractivity contribution in [1.29, 1.82) is 0 Å². The molecule has 18 heavy (non-hydrogen) atoms. The Bertz CT molecular complexity index is 420. The van der Waals surface area contributed by atoms with Crippen LogP contribution >= 0.6 is 11.3 Å². The quantitative estimate of drug-likeness (QED) is 0.894. The Morgan fingerprint density at radius 2 is 2.39 bits per heavy atom. The third kappa shape index (κ3) is 2.46. The van der Waals surface area contributed by atoms with Gasteiger partial charge in [0.15, 0.2) is 0 Å². The normalized spacial score (nSPS) is 33.3. The molecule has 100 valence electrons. The topological polar surface area (TPSA) is 36.4 Å². The molecule has 4 heteroatoms. The van der Waals surface area contributed by atoms with Crippen LogP contribution in [0.25, 0.3) is 0 Å². The van der Waals surface area contributed by atoms with Crippen LogP contribution in [0.2, 0.25) is 0 Å². The van der Waals surface area contributed by atoms with Gasteiger partial charge in [0, 0.05) is 36.6 Å². The largest absolute Gasteiger partial charge is 0.390 e. The van der Waals surface area contributed by atoms with E-state index in [-0.39, 0.29) is 5.60 Å². The fraction of sp³-hybridized carbons (Fsp3) is 0.786. The van der Waals surface area contributed by atoms with Gasteiger partial charge in [0.2, 0.25) is 0 Å². The molecule has 2 unspecified atom stereocenters. The Morgan fingerprint density at radius 1 is 1.50 bits per heavy atom. The van der Waals surface area contributed by atoms with Crippen molar-refractivity contribution in [1.82, 2.24) is 9.88 Å². The van der Waals surface area contributed by atoms with Gasteiger partial charge < -0.3 is 5.11 Å². The van der Waals surface area contributed by atoms with Crippen molar-refractivity contribution in [3.63, 3.8) is 0 Å². The van der Waals surface area contributed by atoms with E-state index in [0.29, 0.717) is 5.92 Å². The molecule has 0 radical (unpaired) electrons. The number of rotatable bonds is 2. The molecule has 1 aromatic heterocycles. The first-order chi connectivity index (χ1) is 8.66. The summed E-state index contributed by atoms with van der Waals surface area (Å²) in [6, 6.07) is 0. The smallest absolute Gasteiger partial charge is 0.0897 e. The summed E-state index contributed by atoms with van der Waals surface area (Å²) in [5.41, 5.74) is -0.349. The van der Waals surface area contributed by atoms with E-state index in [4.69, 9.17) is 0 Å². The fourth-order valence-corrected chi connectivity index (χ4v) is 4.32. The first kappa shape index (κ1) is 12.6. The van der Waals surface area contributed by atoms with E-state index in [0.717, 1.165) is 37.5 Å². The van der Waals surface area contributed by atoms with Crippen LogP contribution in [0.15, 0.2) is 6.20 Å². The minimum atomic E-state index is -0.349. The van der Waals surface area contributed by atoms with E-state index in [9.17, 15) is 5.11 Å². The monoisotopic (exact) mass is 266 g/mol. The number of likely N-dealkylation sites (tertiary alicyclic amines) is 1. The van der Waals surface area contributed by atoms with Gasteiger partial charge in [-0.2, -0.15) is 0 Å². The lowest BCUT2D eigenvalue weighted by Crippen LogP contribution is -2.52. The molecule has 0 aromatic carbocycles. The van der Waals surface area contributed by atoms with Crippen LogP contribution in [-0.4, -0.2) is 33.7 Å². The molecule has 2 atom stereocenters. The number of hydrogen-bond acceptors (Lipinski definition) is 4. The zero-order chi connectivity index (χ0) is 12.6. The van der Waals surface area contributed by atoms with E-state index < -0.39 is 0 Å². The van der Waals surface area contributed by atoms with Gasteiger partial charge in [0.1, 0.15) is 0 Å². The molecule has 0 amide bonds. The number of thiazole rings is 1. The van der Waals surface area contributed by atoms with Gasteiger partial charge in [0.05, 0.1) is 10.6 Å². The highest BCUT2D eigenvalue weighted by molar-refractivity contribution is 7.11. The second-order valence-electron chi connectivity index (χ2n) is 5.88. The highest BCUT2D eigenvalue weighted by Crippen LogP contribution is 2.40. The standard InChI is InChI=1S/C14H22N2OS/c1-11-15-8-13(18-11)10-16-7-6-14(17)5-3-2-4-12(14)9-16/h8,12,17H,2-7,9-10H2,1H3. The molecule has 2 fully saturated rings. The third-order valence-electron chi connectivity index (χ3n) is 4.56. The van der Waals surface area contributed by atoms with Crippen LogP contribution in [0.3, 0.4) is 0 Å². The molecule has 0 spiro atoms. The van der Waals surface area contributed by atoms with Crippen LogP contribution in [-0.2, 0) is 6.54 Å². The first-order valence-electron chi connectivity index (χ1n) is 7.02. The number of aryl methyl sites for hydroxylation is 1. The maximum atomic E-state index is 10.6. The van der Waals surface area contributed by atoms with Crippen LogP contribution in [0, 0.1) is 12.8 Å². The molecule has 1 aliphatic heterocycles. The Balaban J connectivity index is 1.63. The van der Waals surface area contributed by atoms with Crippen molar-refractivity contribution in [2.45, 2.75) is 51.2 Å². The Labute approximate surface area is 113 Å². The van der Waals surface area contributed by atoms with Gasteiger partial charge in [-0.15, -0.1) is 11.3 Å². The maximum Gasteiger partial charge on any atom is 0.0897 e. The predicted molar refractivity (Wildman–Crippen MR) is 73.7 cm³/mol. The van der Waals surface area contributed by atoms with Gasteiger partial charge in [-0.3, -0.25) is 4.90 Å². The molecule has 0 bridgehead atoms. The Morgan fingerprint density at radius 3 is 3.17 bits per heavy atom. The molecule has 3 rings (SSSR count). The zero-order valence-corrected chi connectivity index (χ0v) is 11.9. The summed E-state index contributed by atoms with van der Waals surface area (Å²) >= 11 is 1.79. The summed E-state index contributed by atoms with van der Waals surface area (Å²) in [5.74, 6) is 0.494. The van der Waals surface area contributed by atoms with Gasteiger partial charge in [-0.05, 0) is 26.2 Å². The van der Waals surface area contributed by atoms with E-state index in [1.165, 1.54) is 24.1 Å². The van der Waals surface area contributed by atoms with Gasteiger partial charge in [-0.25, -0.2) is 4.98 Å². The highest BCUT2D eigenvalue weighted by Gasteiger charge is 2.42. The average molecular weight is 266 g/mol. The molecule has 1 N–H and O–H groups in total. The van der Waals surface area contributed by atoms with Crippen molar-refractivity contribution in [3.8, 4) is 0 Å². The molecule has 1 saturated carbocycles. The zero-order valence-electron chi connectivity index (χ0n) is 11.1. The SMILES string of the molecule is Cc1ncc(CN2CCC3(O)CCCCC3C2)s1. The minimum absolute atomic E-state index is 0.349. The summed E-state index contributed by atoms with van der Waals surface area (Å²) in [6.07, 6.45) is 7.68. The van der Waals surface area contributed by atoms with Crippen molar-refractivity contribution in [3.05, 3.63) is 16.1 Å². The number of aromatic nitrogens is 1. The lowest BCUT2D eigenvalue weighted by molar-refractivity contribution is -0.0966. The van der Waals surface area contributed by atoms with Gasteiger partial charge >= 0.3 is 0 Å². The van der Waals surface area contributed by atoms with Crippen molar-refractivity contribution < 1.29 is 5.11 Å². The van der Waals surface area contributed by atoms with E-state index in [2.05, 4.69) is 16.8 Å². The maximum absolute atomic E-state index is 10.6. The van der Waals surface area contributed by atoms with Crippen molar-refractivity contribution in [2.24, 2.45) is 5.92 Å². The number of nitrogens with zero attached hydrogens (tertiary/aromatic N) is 2. The van der Waals surface area contributed by atoms with Crippen LogP contribution in [0.4, 0.5) is 0 Å². The van der Waals surface area contributed by atoms with Gasteiger partial charge in [0.25, 0.3) is 0 Å². The highest BCUT2D eigenvalue weighted by atomic mass is 32.1. The molecule has 3 nitrogen and oxygen atoms in total. The second-order valence-corrected chi connectivity index (χ2v) is 7.20. The average Bonchev–Trinajstić information content (AvgIpc) is 2.75. The fourth-order valence-electron chi connectivity index (χ4n) is 3.48. The number of aliphatic hydroxyl groups is 1. The minimum Gasteiger partial charge on any atom is -0.390 e. The molecule has 1 saturated heterocycles. The van der Waals surface area contributed by atoms with E-state index in [1.54, 1.807) is 11.3 Å². The molecular weight excluding hydrogens is 244 g/mol. The van der Waals surface area contributed by atoms with Crippen molar-refractivity contribution >= 4 is 11.3 Å². The van der Waals surface area contributed by atoms with E-state index in [1.807, 2.05) is 6.20 Å². The summed E-state index contributed by atoms with van der Waals surface area (Å²) in [6.45, 7) is 5.17. The second kappa shape index (κ2) is 4.91. The lowest BCUT2D eigenvalue weighted by Gasteiger charge is -2.47. The Hall–Kier alpha value is -0.450. The lowest BCUT2D eigenvalue weighted by atomic mass is 9.71. The molecule has 2 aliphatic rings. The van der Waals surface area contributed by atoms with E-state index >= 15 is 0 Å². The summed E-state index contributed by atoms with van der Waals surface area (Å²) in [7, 11) is 0. The molecule has 1 aliphatic carbocycles. The molecule has 2 heterocycles. The van der Waals surface area contributed by atoms with Crippen LogP contribution in [0.5, 0.6) is 0 Å². The summed E-state index contributed by atoms with van der Waals surface area (Å²) in [5, 5.41) is 11.8. The predicted octanol–water partition coefficient (Wildman–Crippen LogP) is 2.58. The van der Waals surface area contributed by atoms with Gasteiger partial charge in [-0.1, -0.05) is 12.8 Å². The van der Waals surface area contributed by atoms with Crippen LogP contribution < -0.4 is 0 Å². The number of piperidine rings is 1. The van der Waals surface area contributed by atoms with Crippen molar-refractivity contribution in [2.75, 3.05) is 13.1 Å². The molecule has 1 aromatic rings. The number of fused-ring (bicyclic) bond motifs is 1. The summed E-state index contributed by atoms with van der Waals surface area (Å²) in [4.78, 5) is 8.17. The number of hydrogen-bond donors (Lipinski definition) is 1.